The molecule has 3 aromatic rings. The molecule has 0 bridgehead atoms. The van der Waals surface area contributed by atoms with E-state index < -0.39 is 56.7 Å². The van der Waals surface area contributed by atoms with Gasteiger partial charge in [0.05, 0.1) is 28.5 Å². The highest BCUT2D eigenvalue weighted by atomic mass is 32.2. The molecule has 3 aromatic carbocycles. The number of benzene rings is 3. The first kappa shape index (κ1) is 33.2. The summed E-state index contributed by atoms with van der Waals surface area (Å²) in [5.41, 5.74) is 5.67. The minimum absolute atomic E-state index is 0.0236. The molecule has 1 fully saturated rings. The quantitative estimate of drug-likeness (QED) is 0.219. The van der Waals surface area contributed by atoms with Crippen molar-refractivity contribution in [2.75, 3.05) is 23.8 Å². The third-order valence-electron chi connectivity index (χ3n) is 7.47. The summed E-state index contributed by atoms with van der Waals surface area (Å²) in [6.07, 6.45) is -0.542. The SMILES string of the molecule is CCOc1cc([C@@H](Nc2cc(C(N)=O)ccc2F)C(=O)N2CCC[C@@H]2c2cc(NC(=O)O)ccc2S(=O)(=O)C(C)C)ccc1F. The smallest absolute Gasteiger partial charge is 0.409 e. The number of hydrogen-bond donors (Lipinski definition) is 4. The van der Waals surface area contributed by atoms with E-state index >= 15 is 4.39 Å². The topological polar surface area (TPSA) is 168 Å². The number of primary amides is 1. The van der Waals surface area contributed by atoms with Crippen LogP contribution in [0.25, 0.3) is 0 Å². The maximum Gasteiger partial charge on any atom is 0.409 e. The number of halogens is 2. The van der Waals surface area contributed by atoms with Crippen molar-refractivity contribution in [1.82, 2.24) is 4.90 Å². The Balaban J connectivity index is 1.85. The van der Waals surface area contributed by atoms with E-state index in [4.69, 9.17) is 10.5 Å². The minimum atomic E-state index is -3.88. The third kappa shape index (κ3) is 7.17. The number of sulfone groups is 1. The lowest BCUT2D eigenvalue weighted by Crippen LogP contribution is -2.38. The van der Waals surface area contributed by atoms with E-state index in [0.29, 0.717) is 12.8 Å². The van der Waals surface area contributed by atoms with E-state index in [2.05, 4.69) is 10.6 Å². The molecule has 14 heteroatoms. The molecule has 0 spiro atoms. The predicted octanol–water partition coefficient (Wildman–Crippen LogP) is 5.25. The van der Waals surface area contributed by atoms with Crippen LogP contribution in [0, 0.1) is 11.6 Å². The molecule has 0 radical (unpaired) electrons. The van der Waals surface area contributed by atoms with Gasteiger partial charge < -0.3 is 25.8 Å². The van der Waals surface area contributed by atoms with E-state index in [1.54, 1.807) is 6.92 Å². The monoisotopic (exact) mass is 644 g/mol. The van der Waals surface area contributed by atoms with Crippen molar-refractivity contribution in [2.24, 2.45) is 5.73 Å². The van der Waals surface area contributed by atoms with Crippen LogP contribution in [0.4, 0.5) is 25.0 Å². The highest BCUT2D eigenvalue weighted by molar-refractivity contribution is 7.92. The normalized spacial score (nSPS) is 15.5. The van der Waals surface area contributed by atoms with Crippen molar-refractivity contribution in [1.29, 1.82) is 0 Å². The molecule has 0 saturated carbocycles. The van der Waals surface area contributed by atoms with Gasteiger partial charge in [-0.1, -0.05) is 6.07 Å². The van der Waals surface area contributed by atoms with Gasteiger partial charge in [-0.25, -0.2) is 22.0 Å². The van der Waals surface area contributed by atoms with Crippen LogP contribution in [0.5, 0.6) is 5.75 Å². The molecule has 0 aromatic heterocycles. The average Bonchev–Trinajstić information content (AvgIpc) is 3.47. The van der Waals surface area contributed by atoms with Gasteiger partial charge in [-0.2, -0.15) is 0 Å². The molecular weight excluding hydrogens is 610 g/mol. The highest BCUT2D eigenvalue weighted by Gasteiger charge is 2.38. The molecule has 0 aliphatic carbocycles. The van der Waals surface area contributed by atoms with E-state index in [0.717, 1.165) is 18.2 Å². The summed E-state index contributed by atoms with van der Waals surface area (Å²) in [7, 11) is -3.88. The number of carboxylic acid groups (broad SMARTS) is 1. The van der Waals surface area contributed by atoms with Gasteiger partial charge >= 0.3 is 6.09 Å². The molecule has 1 saturated heterocycles. The Morgan fingerprint density at radius 3 is 2.42 bits per heavy atom. The molecule has 3 amide bonds. The van der Waals surface area contributed by atoms with Gasteiger partial charge in [0.2, 0.25) is 11.8 Å². The van der Waals surface area contributed by atoms with E-state index in [-0.39, 0.29) is 51.9 Å². The molecular formula is C31H34F2N4O7S. The van der Waals surface area contributed by atoms with Crippen molar-refractivity contribution in [3.8, 4) is 5.75 Å². The summed E-state index contributed by atoms with van der Waals surface area (Å²) in [6, 6.07) is 8.98. The Morgan fingerprint density at radius 2 is 1.78 bits per heavy atom. The van der Waals surface area contributed by atoms with Gasteiger partial charge in [-0.3, -0.25) is 14.9 Å². The number of likely N-dealkylation sites (tertiary alicyclic amines) is 1. The number of nitrogens with one attached hydrogen (secondary N) is 2. The Bertz CT molecular complexity index is 1730. The molecule has 4 rings (SSSR count). The first-order chi connectivity index (χ1) is 21.2. The van der Waals surface area contributed by atoms with Crippen LogP contribution in [0.3, 0.4) is 0 Å². The Kier molecular flexibility index (Phi) is 9.96. The van der Waals surface area contributed by atoms with Crippen LogP contribution in [-0.4, -0.2) is 54.7 Å². The summed E-state index contributed by atoms with van der Waals surface area (Å²) >= 11 is 0. The largest absolute Gasteiger partial charge is 0.491 e. The summed E-state index contributed by atoms with van der Waals surface area (Å²) in [5, 5.41) is 13.5. The number of ether oxygens (including phenoxy) is 1. The Labute approximate surface area is 259 Å². The van der Waals surface area contributed by atoms with Crippen molar-refractivity contribution in [2.45, 2.75) is 55.8 Å². The van der Waals surface area contributed by atoms with Crippen molar-refractivity contribution >= 4 is 39.1 Å². The lowest BCUT2D eigenvalue weighted by Gasteiger charge is -2.32. The summed E-state index contributed by atoms with van der Waals surface area (Å²) in [5.74, 6) is -3.05. The van der Waals surface area contributed by atoms with E-state index in [9.17, 15) is 32.3 Å². The standard InChI is InChI=1S/C31H34F2N4O7S/c1-4-44-26-15-18(7-11-23(26)33)28(36-24-14-19(29(34)38)8-10-22(24)32)30(39)37-13-5-6-25(37)21-16-20(35-31(40)41)9-12-27(21)45(42,43)17(2)3/h7-12,14-17,25,28,35-36H,4-6,13H2,1-3H3,(H2,34,38)(H,40,41)/t25-,28-/m1/s1. The van der Waals surface area contributed by atoms with Crippen LogP contribution in [0.15, 0.2) is 59.5 Å². The molecule has 5 N–H and O–H groups in total. The Hall–Kier alpha value is -4.72. The second-order valence-electron chi connectivity index (χ2n) is 10.7. The molecule has 2 atom stereocenters. The molecule has 240 valence electrons. The van der Waals surface area contributed by atoms with Gasteiger partial charge in [0, 0.05) is 17.8 Å². The minimum Gasteiger partial charge on any atom is -0.491 e. The third-order valence-corrected chi connectivity index (χ3v) is 9.70. The number of amides is 3. The van der Waals surface area contributed by atoms with Crippen molar-refractivity contribution < 1.29 is 41.4 Å². The zero-order valence-electron chi connectivity index (χ0n) is 24.8. The van der Waals surface area contributed by atoms with Gasteiger partial charge in [0.25, 0.3) is 0 Å². The fourth-order valence-corrected chi connectivity index (χ4v) is 6.53. The zero-order chi connectivity index (χ0) is 33.1. The predicted molar refractivity (Wildman–Crippen MR) is 163 cm³/mol. The van der Waals surface area contributed by atoms with Crippen LogP contribution in [0.2, 0.25) is 0 Å². The van der Waals surface area contributed by atoms with Crippen LogP contribution in [-0.2, 0) is 14.6 Å². The number of nitrogens with zero attached hydrogens (tertiary/aromatic N) is 1. The molecule has 1 aliphatic heterocycles. The maximum atomic E-state index is 15.0. The number of hydrogen-bond acceptors (Lipinski definition) is 7. The van der Waals surface area contributed by atoms with Crippen LogP contribution >= 0.6 is 0 Å². The molecule has 11 nitrogen and oxygen atoms in total. The molecule has 1 heterocycles. The number of carbonyl (C=O) groups excluding carboxylic acids is 2. The summed E-state index contributed by atoms with van der Waals surface area (Å²) in [6.45, 7) is 4.99. The number of rotatable bonds is 11. The number of nitrogens with two attached hydrogens (primary N) is 1. The summed E-state index contributed by atoms with van der Waals surface area (Å²) < 4.78 is 61.7. The van der Waals surface area contributed by atoms with Gasteiger partial charge in [0.1, 0.15) is 11.9 Å². The van der Waals surface area contributed by atoms with Crippen LogP contribution in [0.1, 0.15) is 67.2 Å². The summed E-state index contributed by atoms with van der Waals surface area (Å²) in [4.78, 5) is 39.0. The average molecular weight is 645 g/mol. The Morgan fingerprint density at radius 1 is 1.07 bits per heavy atom. The maximum absolute atomic E-state index is 15.0. The fourth-order valence-electron chi connectivity index (χ4n) is 5.24. The molecule has 45 heavy (non-hydrogen) atoms. The highest BCUT2D eigenvalue weighted by Crippen LogP contribution is 2.40. The van der Waals surface area contributed by atoms with Crippen molar-refractivity contribution in [3.63, 3.8) is 0 Å². The molecule has 0 unspecified atom stereocenters. The lowest BCUT2D eigenvalue weighted by molar-refractivity contribution is -0.133. The molecule has 1 aliphatic rings. The fraction of sp³-hybridized carbons (Fsp3) is 0.323. The van der Waals surface area contributed by atoms with Crippen molar-refractivity contribution in [3.05, 3.63) is 82.9 Å². The van der Waals surface area contributed by atoms with Gasteiger partial charge in [0.15, 0.2) is 21.4 Å². The van der Waals surface area contributed by atoms with E-state index in [1.807, 2.05) is 0 Å². The van der Waals surface area contributed by atoms with Gasteiger partial charge in [-0.05, 0) is 93.3 Å². The lowest BCUT2D eigenvalue weighted by atomic mass is 10.0. The first-order valence-electron chi connectivity index (χ1n) is 14.2. The zero-order valence-corrected chi connectivity index (χ0v) is 25.7. The second-order valence-corrected chi connectivity index (χ2v) is 13.2. The van der Waals surface area contributed by atoms with Gasteiger partial charge in [-0.15, -0.1) is 0 Å². The number of anilines is 2. The number of carbonyl (C=O) groups is 3. The van der Waals surface area contributed by atoms with E-state index in [1.165, 1.54) is 55.1 Å². The first-order valence-corrected chi connectivity index (χ1v) is 15.8. The second kappa shape index (κ2) is 13.5. The van der Waals surface area contributed by atoms with Crippen LogP contribution < -0.4 is 21.1 Å².